The quantitative estimate of drug-likeness (QED) is 0.821. The highest BCUT2D eigenvalue weighted by atomic mass is 35.5. The number of hydrogen-bond donors (Lipinski definition) is 0. The molecule has 2 aromatic rings. The van der Waals surface area contributed by atoms with Gasteiger partial charge in [-0.3, -0.25) is 4.79 Å². The van der Waals surface area contributed by atoms with Crippen LogP contribution in [0, 0.1) is 5.82 Å². The van der Waals surface area contributed by atoms with Crippen LogP contribution in [0.4, 0.5) is 10.2 Å². The molecule has 0 aliphatic carbocycles. The molecule has 3 rings (SSSR count). The number of aromatic nitrogens is 1. The smallest absolute Gasteiger partial charge is 0.255 e. The lowest BCUT2D eigenvalue weighted by Gasteiger charge is -2.27. The summed E-state index contributed by atoms with van der Waals surface area (Å²) < 4.78 is 13.8. The van der Waals surface area contributed by atoms with Gasteiger partial charge in [-0.25, -0.2) is 9.37 Å². The molecule has 0 spiro atoms. The lowest BCUT2D eigenvalue weighted by molar-refractivity contribution is 0.0724. The molecule has 132 valence electrons. The van der Waals surface area contributed by atoms with Crippen LogP contribution in [0.3, 0.4) is 0 Å². The van der Waals surface area contributed by atoms with Crippen molar-refractivity contribution < 1.29 is 9.18 Å². The molecule has 0 N–H and O–H groups in total. The number of halogens is 2. The van der Waals surface area contributed by atoms with Crippen molar-refractivity contribution in [2.24, 2.45) is 0 Å². The van der Waals surface area contributed by atoms with Gasteiger partial charge in [0.15, 0.2) is 0 Å². The van der Waals surface area contributed by atoms with E-state index in [4.69, 9.17) is 11.6 Å². The maximum Gasteiger partial charge on any atom is 0.255 e. The van der Waals surface area contributed by atoms with Gasteiger partial charge in [-0.15, -0.1) is 0 Å². The van der Waals surface area contributed by atoms with Gasteiger partial charge in [0.1, 0.15) is 11.6 Å². The molecule has 1 aromatic heterocycles. The Kier molecular flexibility index (Phi) is 5.53. The van der Waals surface area contributed by atoms with E-state index in [1.165, 1.54) is 12.5 Å². The number of piperidine rings is 1. The van der Waals surface area contributed by atoms with Crippen LogP contribution in [0.5, 0.6) is 0 Å². The molecule has 1 aliphatic rings. The molecule has 4 nitrogen and oxygen atoms in total. The fourth-order valence-corrected chi connectivity index (χ4v) is 3.38. The van der Waals surface area contributed by atoms with Crippen molar-refractivity contribution >= 4 is 23.3 Å². The summed E-state index contributed by atoms with van der Waals surface area (Å²) in [5, 5.41) is 0.390. The number of likely N-dealkylation sites (tertiary alicyclic amines) is 1. The Balaban J connectivity index is 1.75. The van der Waals surface area contributed by atoms with Crippen LogP contribution in [0.25, 0.3) is 0 Å². The Hall–Kier alpha value is -2.14. The molecule has 25 heavy (non-hydrogen) atoms. The predicted octanol–water partition coefficient (Wildman–Crippen LogP) is 4.14. The number of carbonyl (C=O) groups excluding carboxylic acids is 1. The molecular weight excluding hydrogens is 341 g/mol. The summed E-state index contributed by atoms with van der Waals surface area (Å²) in [6.45, 7) is 1.91. The minimum atomic E-state index is -0.262. The Morgan fingerprint density at radius 2 is 2.00 bits per heavy atom. The van der Waals surface area contributed by atoms with Gasteiger partial charge in [0.05, 0.1) is 10.6 Å². The SMILES string of the molecule is CN(Cc1ccccc1F)c1ncc(C(=O)N2CCCCC2)cc1Cl. The van der Waals surface area contributed by atoms with Crippen LogP contribution < -0.4 is 4.90 Å². The molecule has 0 saturated carbocycles. The maximum atomic E-state index is 13.8. The summed E-state index contributed by atoms with van der Waals surface area (Å²) in [6.07, 6.45) is 4.80. The summed E-state index contributed by atoms with van der Waals surface area (Å²) in [5.74, 6) is 0.236. The molecule has 1 aliphatic heterocycles. The highest BCUT2D eigenvalue weighted by Gasteiger charge is 2.20. The molecular formula is C19H21ClFN3O. The normalized spacial score (nSPS) is 14.4. The number of nitrogens with zero attached hydrogens (tertiary/aromatic N) is 3. The van der Waals surface area contributed by atoms with Gasteiger partial charge in [-0.05, 0) is 31.4 Å². The molecule has 1 amide bonds. The molecule has 1 fully saturated rings. The summed E-state index contributed by atoms with van der Waals surface area (Å²) in [5.41, 5.74) is 1.06. The summed E-state index contributed by atoms with van der Waals surface area (Å²) in [6, 6.07) is 8.26. The number of hydrogen-bond acceptors (Lipinski definition) is 3. The van der Waals surface area contributed by atoms with Gasteiger partial charge in [0, 0.05) is 38.4 Å². The van der Waals surface area contributed by atoms with Crippen molar-refractivity contribution in [1.82, 2.24) is 9.88 Å². The van der Waals surface area contributed by atoms with E-state index in [1.807, 2.05) is 4.90 Å². The van der Waals surface area contributed by atoms with Crippen molar-refractivity contribution in [3.05, 3.63) is 58.5 Å². The molecule has 2 heterocycles. The van der Waals surface area contributed by atoms with Gasteiger partial charge < -0.3 is 9.80 Å². The van der Waals surface area contributed by atoms with Crippen LogP contribution >= 0.6 is 11.6 Å². The first-order chi connectivity index (χ1) is 12.1. The van der Waals surface area contributed by atoms with Crippen LogP contribution in [0.15, 0.2) is 36.5 Å². The third-order valence-corrected chi connectivity index (χ3v) is 4.72. The molecule has 0 bridgehead atoms. The van der Waals surface area contributed by atoms with Crippen molar-refractivity contribution in [2.75, 3.05) is 25.0 Å². The zero-order valence-electron chi connectivity index (χ0n) is 14.2. The van der Waals surface area contributed by atoms with Gasteiger partial charge >= 0.3 is 0 Å². The van der Waals surface area contributed by atoms with E-state index in [2.05, 4.69) is 4.98 Å². The lowest BCUT2D eigenvalue weighted by atomic mass is 10.1. The van der Waals surface area contributed by atoms with E-state index in [1.54, 1.807) is 42.4 Å². The number of benzene rings is 1. The first kappa shape index (κ1) is 17.7. The second-order valence-electron chi connectivity index (χ2n) is 6.33. The van der Waals surface area contributed by atoms with Crippen LogP contribution in [-0.4, -0.2) is 35.9 Å². The minimum Gasteiger partial charge on any atom is -0.354 e. The summed E-state index contributed by atoms with van der Waals surface area (Å²) >= 11 is 6.34. The number of pyridine rings is 1. The fourth-order valence-electron chi connectivity index (χ4n) is 3.07. The van der Waals surface area contributed by atoms with Crippen LogP contribution in [0.2, 0.25) is 5.02 Å². The van der Waals surface area contributed by atoms with E-state index in [0.29, 0.717) is 28.5 Å². The monoisotopic (exact) mass is 361 g/mol. The minimum absolute atomic E-state index is 0.0302. The van der Waals surface area contributed by atoms with Gasteiger partial charge in [0.2, 0.25) is 0 Å². The first-order valence-corrected chi connectivity index (χ1v) is 8.83. The molecule has 0 atom stereocenters. The van der Waals surface area contributed by atoms with Gasteiger partial charge in [-0.2, -0.15) is 0 Å². The standard InChI is InChI=1S/C19H21ClFN3O/c1-23(13-14-7-3-4-8-17(14)21)18-16(20)11-15(12-22-18)19(25)24-9-5-2-6-10-24/h3-4,7-8,11-12H,2,5-6,9-10,13H2,1H3. The Labute approximate surface area is 152 Å². The third kappa shape index (κ3) is 4.10. The second kappa shape index (κ2) is 7.83. The van der Waals surface area contributed by atoms with Gasteiger partial charge in [0.25, 0.3) is 5.91 Å². The van der Waals surface area contributed by atoms with Gasteiger partial charge in [-0.1, -0.05) is 29.8 Å². The second-order valence-corrected chi connectivity index (χ2v) is 6.74. The van der Waals surface area contributed by atoms with Crippen molar-refractivity contribution in [2.45, 2.75) is 25.8 Å². The maximum absolute atomic E-state index is 13.8. The Bertz CT molecular complexity index is 762. The van der Waals surface area contributed by atoms with Crippen molar-refractivity contribution in [3.8, 4) is 0 Å². The number of rotatable bonds is 4. The molecule has 1 aromatic carbocycles. The number of anilines is 1. The average Bonchev–Trinajstić information content (AvgIpc) is 2.63. The zero-order valence-corrected chi connectivity index (χ0v) is 15.0. The highest BCUT2D eigenvalue weighted by molar-refractivity contribution is 6.33. The first-order valence-electron chi connectivity index (χ1n) is 8.45. The molecule has 6 heteroatoms. The highest BCUT2D eigenvalue weighted by Crippen LogP contribution is 2.26. The van der Waals surface area contributed by atoms with E-state index in [0.717, 1.165) is 25.9 Å². The van der Waals surface area contributed by atoms with E-state index in [-0.39, 0.29) is 11.7 Å². The third-order valence-electron chi connectivity index (χ3n) is 4.44. The van der Waals surface area contributed by atoms with Crippen LogP contribution in [0.1, 0.15) is 35.2 Å². The summed E-state index contributed by atoms with van der Waals surface area (Å²) in [4.78, 5) is 20.5. The fraction of sp³-hybridized carbons (Fsp3) is 0.368. The molecule has 0 radical (unpaired) electrons. The van der Waals surface area contributed by atoms with Crippen molar-refractivity contribution in [3.63, 3.8) is 0 Å². The number of amides is 1. The van der Waals surface area contributed by atoms with Crippen LogP contribution in [-0.2, 0) is 6.54 Å². The lowest BCUT2D eigenvalue weighted by Crippen LogP contribution is -2.35. The Morgan fingerprint density at radius 1 is 1.28 bits per heavy atom. The van der Waals surface area contributed by atoms with E-state index < -0.39 is 0 Å². The zero-order chi connectivity index (χ0) is 17.8. The largest absolute Gasteiger partial charge is 0.354 e. The van der Waals surface area contributed by atoms with E-state index in [9.17, 15) is 9.18 Å². The topological polar surface area (TPSA) is 36.4 Å². The average molecular weight is 362 g/mol. The summed E-state index contributed by atoms with van der Waals surface area (Å²) in [7, 11) is 1.80. The molecule has 0 unspecified atom stereocenters. The van der Waals surface area contributed by atoms with Crippen molar-refractivity contribution in [1.29, 1.82) is 0 Å². The molecule has 1 saturated heterocycles. The van der Waals surface area contributed by atoms with E-state index >= 15 is 0 Å². The predicted molar refractivity (Wildman–Crippen MR) is 97.5 cm³/mol. The number of carbonyl (C=O) groups is 1. The Morgan fingerprint density at radius 3 is 2.68 bits per heavy atom.